The summed E-state index contributed by atoms with van der Waals surface area (Å²) in [5.74, 6) is 0. The molecule has 0 amide bonds. The smallest absolute Gasteiger partial charge is 0.187 e. The highest BCUT2D eigenvalue weighted by molar-refractivity contribution is 5.48. The van der Waals surface area contributed by atoms with Crippen LogP contribution < -0.4 is 0 Å². The monoisotopic (exact) mass is 428 g/mol. The van der Waals surface area contributed by atoms with E-state index in [1.165, 1.54) is 0 Å². The molecule has 0 aromatic heterocycles. The summed E-state index contributed by atoms with van der Waals surface area (Å²) in [6, 6.07) is 9.50. The van der Waals surface area contributed by atoms with Gasteiger partial charge >= 0.3 is 0 Å². The van der Waals surface area contributed by atoms with Crippen LogP contribution in [0.5, 0.6) is 0 Å². The van der Waals surface area contributed by atoms with Crippen molar-refractivity contribution in [1.82, 2.24) is 0 Å². The lowest BCUT2D eigenvalue weighted by molar-refractivity contribution is -0.307. The summed E-state index contributed by atoms with van der Waals surface area (Å²) in [6.07, 6.45) is -8.23. The molecule has 0 aliphatic carbocycles. The zero-order valence-corrected chi connectivity index (χ0v) is 16.2. The first-order chi connectivity index (χ1) is 14.4. The fourth-order valence-electron chi connectivity index (χ4n) is 3.28. The lowest BCUT2D eigenvalue weighted by Gasteiger charge is -2.40. The van der Waals surface area contributed by atoms with Crippen LogP contribution >= 0.6 is 0 Å². The summed E-state index contributed by atoms with van der Waals surface area (Å²) in [7, 11) is 0. The normalized spacial score (nSPS) is 39.6. The largest absolute Gasteiger partial charge is 0.394 e. The van der Waals surface area contributed by atoms with Crippen LogP contribution in [0, 0.1) is 0 Å². The van der Waals surface area contributed by atoms with E-state index in [0.717, 1.165) is 5.56 Å². The van der Waals surface area contributed by atoms with Gasteiger partial charge in [0, 0.05) is 0 Å². The molecular formula is C20H28O10. The van der Waals surface area contributed by atoms with E-state index in [9.17, 15) is 25.5 Å². The van der Waals surface area contributed by atoms with Crippen LogP contribution in [0.1, 0.15) is 5.56 Å². The van der Waals surface area contributed by atoms with Gasteiger partial charge in [0.25, 0.3) is 0 Å². The Balaban J connectivity index is 1.52. The predicted molar refractivity (Wildman–Crippen MR) is 102 cm³/mol. The molecule has 9 atom stereocenters. The molecule has 0 bridgehead atoms. The Kier molecular flexibility index (Phi) is 8.31. The van der Waals surface area contributed by atoms with Crippen molar-refractivity contribution in [3.8, 4) is 0 Å². The molecule has 10 nitrogen and oxygen atoms in total. The standard InChI is InChI=1S/C20H28O10/c21-9-12-14(22)17(25)20(29-12)28-10-13-15(23)16(24)18(26)19(30-13)27-8-4-7-11-5-2-1-3-6-11/h1-7,12-26H,8-10H2/b7-4+/t12-,13-,14-,15-,16+,17+,18-,19-,20-/m1/s1. The summed E-state index contributed by atoms with van der Waals surface area (Å²) in [5.41, 5.74) is 0.964. The van der Waals surface area contributed by atoms with Crippen LogP contribution in [0.25, 0.3) is 6.08 Å². The van der Waals surface area contributed by atoms with Gasteiger partial charge in [0.15, 0.2) is 12.6 Å². The lowest BCUT2D eigenvalue weighted by atomic mass is 9.99. The molecule has 2 heterocycles. The number of hydrogen-bond acceptors (Lipinski definition) is 10. The first kappa shape index (κ1) is 23.2. The van der Waals surface area contributed by atoms with Crippen LogP contribution in [0.15, 0.2) is 36.4 Å². The van der Waals surface area contributed by atoms with Crippen LogP contribution in [0.2, 0.25) is 0 Å². The van der Waals surface area contributed by atoms with Crippen molar-refractivity contribution in [1.29, 1.82) is 0 Å². The van der Waals surface area contributed by atoms with E-state index in [4.69, 9.17) is 24.1 Å². The van der Waals surface area contributed by atoms with Gasteiger partial charge in [-0.2, -0.15) is 0 Å². The molecule has 0 radical (unpaired) electrons. The van der Waals surface area contributed by atoms with Gasteiger partial charge < -0.3 is 49.6 Å². The third kappa shape index (κ3) is 5.42. The fourth-order valence-corrected chi connectivity index (χ4v) is 3.28. The number of ether oxygens (including phenoxy) is 4. The first-order valence-electron chi connectivity index (χ1n) is 9.69. The van der Waals surface area contributed by atoms with E-state index < -0.39 is 61.9 Å². The summed E-state index contributed by atoms with van der Waals surface area (Å²) in [6.45, 7) is -0.739. The quantitative estimate of drug-likeness (QED) is 0.273. The minimum atomic E-state index is -1.54. The van der Waals surface area contributed by atoms with Crippen molar-refractivity contribution in [2.75, 3.05) is 19.8 Å². The maximum atomic E-state index is 10.2. The summed E-state index contributed by atoms with van der Waals surface area (Å²) in [4.78, 5) is 0. The molecule has 30 heavy (non-hydrogen) atoms. The Morgan fingerprint density at radius 3 is 2.03 bits per heavy atom. The van der Waals surface area contributed by atoms with E-state index in [1.807, 2.05) is 36.4 Å². The molecule has 1 aromatic carbocycles. The second kappa shape index (κ2) is 10.7. The zero-order chi connectivity index (χ0) is 21.7. The van der Waals surface area contributed by atoms with Crippen molar-refractivity contribution in [2.45, 2.75) is 55.3 Å². The Hall–Kier alpha value is -1.44. The molecule has 0 unspecified atom stereocenters. The molecule has 168 valence electrons. The molecule has 0 saturated carbocycles. The lowest BCUT2D eigenvalue weighted by Crippen LogP contribution is -2.59. The van der Waals surface area contributed by atoms with E-state index in [-0.39, 0.29) is 13.2 Å². The second-order valence-electron chi connectivity index (χ2n) is 7.20. The first-order valence-corrected chi connectivity index (χ1v) is 9.69. The maximum Gasteiger partial charge on any atom is 0.187 e. The van der Waals surface area contributed by atoms with Crippen molar-refractivity contribution in [3.05, 3.63) is 42.0 Å². The summed E-state index contributed by atoms with van der Waals surface area (Å²) < 4.78 is 21.5. The highest BCUT2D eigenvalue weighted by atomic mass is 16.7. The highest BCUT2D eigenvalue weighted by Gasteiger charge is 2.47. The van der Waals surface area contributed by atoms with Gasteiger partial charge in [-0.25, -0.2) is 0 Å². The van der Waals surface area contributed by atoms with Crippen molar-refractivity contribution in [3.63, 3.8) is 0 Å². The summed E-state index contributed by atoms with van der Waals surface area (Å²) >= 11 is 0. The van der Waals surface area contributed by atoms with Gasteiger partial charge in [0.1, 0.15) is 42.7 Å². The van der Waals surface area contributed by atoms with Crippen LogP contribution in [-0.4, -0.2) is 106 Å². The minimum absolute atomic E-state index is 0.0852. The Bertz CT molecular complexity index is 671. The van der Waals surface area contributed by atoms with Crippen LogP contribution in [0.3, 0.4) is 0 Å². The number of benzene rings is 1. The molecule has 10 heteroatoms. The molecule has 2 saturated heterocycles. The topological polar surface area (TPSA) is 158 Å². The molecular weight excluding hydrogens is 400 g/mol. The SMILES string of the molecule is OC[C@H]1O[C@@H](OC[C@H]2O[C@@H](OC/C=C/c3ccccc3)[C@H](O)[C@@H](O)[C@@H]2O)[C@@H](O)[C@@H]1O. The van der Waals surface area contributed by atoms with Gasteiger partial charge in [0.2, 0.25) is 0 Å². The number of rotatable bonds is 8. The minimum Gasteiger partial charge on any atom is -0.394 e. The summed E-state index contributed by atoms with van der Waals surface area (Å²) in [5, 5.41) is 59.1. The second-order valence-corrected chi connectivity index (χ2v) is 7.20. The third-order valence-corrected chi connectivity index (χ3v) is 5.06. The maximum absolute atomic E-state index is 10.2. The number of hydrogen-bond donors (Lipinski definition) is 6. The van der Waals surface area contributed by atoms with Crippen molar-refractivity contribution < 1.29 is 49.6 Å². The molecule has 1 aromatic rings. The Labute approximate surface area is 173 Å². The average molecular weight is 428 g/mol. The van der Waals surface area contributed by atoms with Gasteiger partial charge in [-0.05, 0) is 5.56 Å². The van der Waals surface area contributed by atoms with E-state index >= 15 is 0 Å². The molecule has 3 rings (SSSR count). The van der Waals surface area contributed by atoms with Crippen molar-refractivity contribution in [2.24, 2.45) is 0 Å². The zero-order valence-electron chi connectivity index (χ0n) is 16.2. The average Bonchev–Trinajstić information content (AvgIpc) is 3.04. The number of aliphatic hydroxyl groups is 6. The third-order valence-electron chi connectivity index (χ3n) is 5.06. The van der Waals surface area contributed by atoms with E-state index in [2.05, 4.69) is 0 Å². The van der Waals surface area contributed by atoms with Gasteiger partial charge in [-0.15, -0.1) is 0 Å². The molecule has 2 aliphatic rings. The predicted octanol–water partition coefficient (Wildman–Crippen LogP) is -2.02. The van der Waals surface area contributed by atoms with Gasteiger partial charge in [-0.3, -0.25) is 0 Å². The van der Waals surface area contributed by atoms with Gasteiger partial charge in [0.05, 0.1) is 19.8 Å². The molecule has 2 aliphatic heterocycles. The highest BCUT2D eigenvalue weighted by Crippen LogP contribution is 2.26. The van der Waals surface area contributed by atoms with Crippen LogP contribution in [-0.2, 0) is 18.9 Å². The van der Waals surface area contributed by atoms with Crippen molar-refractivity contribution >= 4 is 6.08 Å². The van der Waals surface area contributed by atoms with E-state index in [1.54, 1.807) is 6.08 Å². The van der Waals surface area contributed by atoms with Crippen LogP contribution in [0.4, 0.5) is 0 Å². The molecule has 0 spiro atoms. The molecule has 6 N–H and O–H groups in total. The Morgan fingerprint density at radius 2 is 1.37 bits per heavy atom. The van der Waals surface area contributed by atoms with Gasteiger partial charge in [-0.1, -0.05) is 42.5 Å². The fraction of sp³-hybridized carbons (Fsp3) is 0.600. The molecule has 2 fully saturated rings. The Morgan fingerprint density at radius 1 is 0.767 bits per heavy atom. The number of aliphatic hydroxyl groups excluding tert-OH is 6. The van der Waals surface area contributed by atoms with E-state index in [0.29, 0.717) is 0 Å².